The standard InChI is InChI=1S/C11H14ClN3/c1-7(2)8(3)10-5-4-9-6-13-11(12)14-15(9)10/h4-8H,1-3H3. The van der Waals surface area contributed by atoms with E-state index in [4.69, 9.17) is 11.6 Å². The van der Waals surface area contributed by atoms with Crippen molar-refractivity contribution >= 4 is 17.1 Å². The van der Waals surface area contributed by atoms with Crippen LogP contribution in [-0.2, 0) is 0 Å². The normalized spacial score (nSPS) is 13.7. The first-order valence-corrected chi connectivity index (χ1v) is 5.47. The number of aromatic nitrogens is 3. The fraction of sp³-hybridized carbons (Fsp3) is 0.455. The summed E-state index contributed by atoms with van der Waals surface area (Å²) in [6.07, 6.45) is 1.74. The molecule has 0 aliphatic heterocycles. The van der Waals surface area contributed by atoms with Gasteiger partial charge in [-0.1, -0.05) is 20.8 Å². The Morgan fingerprint density at radius 2 is 2.00 bits per heavy atom. The van der Waals surface area contributed by atoms with Crippen molar-refractivity contribution in [2.45, 2.75) is 26.7 Å². The molecule has 0 amide bonds. The fourth-order valence-electron chi connectivity index (χ4n) is 1.59. The third-order valence-corrected chi connectivity index (χ3v) is 3.04. The third kappa shape index (κ3) is 1.84. The molecule has 2 aromatic rings. The molecule has 1 unspecified atom stereocenters. The minimum atomic E-state index is 0.288. The van der Waals surface area contributed by atoms with Gasteiger partial charge in [0.25, 0.3) is 0 Å². The van der Waals surface area contributed by atoms with Crippen LogP contribution in [-0.4, -0.2) is 14.6 Å². The lowest BCUT2D eigenvalue weighted by molar-refractivity contribution is 0.514. The Hall–Kier alpha value is -1.09. The average molecular weight is 224 g/mol. The lowest BCUT2D eigenvalue weighted by Gasteiger charge is -2.14. The first-order valence-electron chi connectivity index (χ1n) is 5.10. The van der Waals surface area contributed by atoms with Crippen LogP contribution in [0.1, 0.15) is 32.4 Å². The van der Waals surface area contributed by atoms with Crippen molar-refractivity contribution in [1.82, 2.24) is 14.6 Å². The summed E-state index contributed by atoms with van der Waals surface area (Å²) in [6.45, 7) is 6.60. The van der Waals surface area contributed by atoms with E-state index in [1.54, 1.807) is 6.20 Å². The fourth-order valence-corrected chi connectivity index (χ4v) is 1.71. The molecule has 0 spiro atoms. The van der Waals surface area contributed by atoms with Gasteiger partial charge in [-0.3, -0.25) is 0 Å². The molecule has 0 N–H and O–H groups in total. The van der Waals surface area contributed by atoms with Crippen molar-refractivity contribution < 1.29 is 0 Å². The summed E-state index contributed by atoms with van der Waals surface area (Å²) in [5, 5.41) is 4.50. The number of halogens is 1. The molecule has 0 aliphatic rings. The second kappa shape index (κ2) is 3.81. The van der Waals surface area contributed by atoms with Crippen LogP contribution in [0.25, 0.3) is 5.52 Å². The smallest absolute Gasteiger partial charge is 0.233 e. The van der Waals surface area contributed by atoms with E-state index in [-0.39, 0.29) is 5.28 Å². The van der Waals surface area contributed by atoms with Gasteiger partial charge in [0, 0.05) is 11.6 Å². The number of hydrogen-bond acceptors (Lipinski definition) is 2. The first kappa shape index (κ1) is 10.4. The molecular formula is C11H14ClN3. The maximum Gasteiger partial charge on any atom is 0.241 e. The summed E-state index contributed by atoms with van der Waals surface area (Å²) in [5.74, 6) is 1.04. The molecule has 0 aromatic carbocycles. The Bertz CT molecular complexity index is 476. The number of hydrogen-bond donors (Lipinski definition) is 0. The molecule has 15 heavy (non-hydrogen) atoms. The second-order valence-corrected chi connectivity index (χ2v) is 4.49. The molecule has 2 heterocycles. The average Bonchev–Trinajstić information content (AvgIpc) is 2.59. The summed E-state index contributed by atoms with van der Waals surface area (Å²) in [6, 6.07) is 4.11. The van der Waals surface area contributed by atoms with Crippen LogP contribution in [0.15, 0.2) is 18.3 Å². The molecule has 0 fully saturated rings. The Kier molecular flexibility index (Phi) is 2.65. The summed E-state index contributed by atoms with van der Waals surface area (Å²) in [7, 11) is 0. The van der Waals surface area contributed by atoms with Gasteiger partial charge in [0.2, 0.25) is 5.28 Å². The molecule has 0 bridgehead atoms. The van der Waals surface area contributed by atoms with Gasteiger partial charge in [-0.2, -0.15) is 0 Å². The monoisotopic (exact) mass is 223 g/mol. The zero-order valence-electron chi connectivity index (χ0n) is 9.11. The van der Waals surface area contributed by atoms with E-state index in [1.165, 1.54) is 5.69 Å². The molecule has 0 radical (unpaired) electrons. The van der Waals surface area contributed by atoms with Crippen molar-refractivity contribution in [2.75, 3.05) is 0 Å². The minimum absolute atomic E-state index is 0.288. The minimum Gasteiger partial charge on any atom is -0.233 e. The van der Waals surface area contributed by atoms with Crippen LogP contribution >= 0.6 is 11.6 Å². The summed E-state index contributed by atoms with van der Waals surface area (Å²) in [4.78, 5) is 3.96. The van der Waals surface area contributed by atoms with E-state index in [2.05, 4.69) is 36.9 Å². The topological polar surface area (TPSA) is 30.2 Å². The van der Waals surface area contributed by atoms with Gasteiger partial charge in [-0.25, -0.2) is 9.50 Å². The van der Waals surface area contributed by atoms with Gasteiger partial charge < -0.3 is 0 Å². The zero-order valence-corrected chi connectivity index (χ0v) is 9.86. The maximum atomic E-state index is 5.79. The molecule has 0 aliphatic carbocycles. The van der Waals surface area contributed by atoms with E-state index in [0.29, 0.717) is 11.8 Å². The van der Waals surface area contributed by atoms with Crippen molar-refractivity contribution in [3.8, 4) is 0 Å². The van der Waals surface area contributed by atoms with Crippen LogP contribution in [0.2, 0.25) is 5.28 Å². The Morgan fingerprint density at radius 3 is 2.67 bits per heavy atom. The van der Waals surface area contributed by atoms with Crippen LogP contribution in [0.4, 0.5) is 0 Å². The molecule has 2 rings (SSSR count). The van der Waals surface area contributed by atoms with Gasteiger partial charge in [-0.05, 0) is 29.7 Å². The molecule has 2 aromatic heterocycles. The Morgan fingerprint density at radius 1 is 1.27 bits per heavy atom. The predicted octanol–water partition coefficient (Wildman–Crippen LogP) is 3.14. The van der Waals surface area contributed by atoms with Gasteiger partial charge in [0.1, 0.15) is 0 Å². The third-order valence-electron chi connectivity index (χ3n) is 2.87. The van der Waals surface area contributed by atoms with E-state index in [1.807, 2.05) is 10.6 Å². The summed E-state index contributed by atoms with van der Waals surface area (Å²) >= 11 is 5.79. The summed E-state index contributed by atoms with van der Waals surface area (Å²) < 4.78 is 1.88. The van der Waals surface area contributed by atoms with Crippen molar-refractivity contribution in [3.05, 3.63) is 29.3 Å². The van der Waals surface area contributed by atoms with Crippen LogP contribution in [0.3, 0.4) is 0 Å². The van der Waals surface area contributed by atoms with Crippen LogP contribution in [0, 0.1) is 5.92 Å². The highest BCUT2D eigenvalue weighted by molar-refractivity contribution is 6.28. The molecule has 0 saturated carbocycles. The van der Waals surface area contributed by atoms with E-state index < -0.39 is 0 Å². The van der Waals surface area contributed by atoms with E-state index in [0.717, 1.165) is 5.52 Å². The zero-order chi connectivity index (χ0) is 11.0. The van der Waals surface area contributed by atoms with Gasteiger partial charge >= 0.3 is 0 Å². The Balaban J connectivity index is 2.56. The highest BCUT2D eigenvalue weighted by Crippen LogP contribution is 2.24. The van der Waals surface area contributed by atoms with Crippen molar-refractivity contribution in [3.63, 3.8) is 0 Å². The molecule has 4 heteroatoms. The summed E-state index contributed by atoms with van der Waals surface area (Å²) in [5.41, 5.74) is 2.17. The predicted molar refractivity (Wildman–Crippen MR) is 61.3 cm³/mol. The quantitative estimate of drug-likeness (QED) is 0.783. The number of fused-ring (bicyclic) bond motifs is 1. The van der Waals surface area contributed by atoms with Gasteiger partial charge in [0.05, 0.1) is 11.7 Å². The molecule has 80 valence electrons. The van der Waals surface area contributed by atoms with Gasteiger partial charge in [-0.15, -0.1) is 5.10 Å². The maximum absolute atomic E-state index is 5.79. The van der Waals surface area contributed by atoms with Crippen LogP contribution < -0.4 is 0 Å². The first-order chi connectivity index (χ1) is 7.09. The lowest BCUT2D eigenvalue weighted by Crippen LogP contribution is -2.07. The van der Waals surface area contributed by atoms with E-state index >= 15 is 0 Å². The molecule has 0 saturated heterocycles. The molecule has 3 nitrogen and oxygen atoms in total. The lowest BCUT2D eigenvalue weighted by atomic mass is 9.95. The highest BCUT2D eigenvalue weighted by atomic mass is 35.5. The number of rotatable bonds is 2. The van der Waals surface area contributed by atoms with Crippen molar-refractivity contribution in [1.29, 1.82) is 0 Å². The highest BCUT2D eigenvalue weighted by Gasteiger charge is 2.14. The van der Waals surface area contributed by atoms with E-state index in [9.17, 15) is 0 Å². The Labute approximate surface area is 94.1 Å². The van der Waals surface area contributed by atoms with Crippen LogP contribution in [0.5, 0.6) is 0 Å². The van der Waals surface area contributed by atoms with Gasteiger partial charge in [0.15, 0.2) is 0 Å². The number of nitrogens with zero attached hydrogens (tertiary/aromatic N) is 3. The van der Waals surface area contributed by atoms with Crippen molar-refractivity contribution in [2.24, 2.45) is 5.92 Å². The molecular weight excluding hydrogens is 210 g/mol. The molecule has 1 atom stereocenters. The SMILES string of the molecule is CC(C)C(C)c1ccc2cnc(Cl)nn12. The second-order valence-electron chi connectivity index (χ2n) is 4.15. The largest absolute Gasteiger partial charge is 0.241 e.